The van der Waals surface area contributed by atoms with E-state index in [0.717, 1.165) is 39.2 Å². The van der Waals surface area contributed by atoms with Crippen molar-refractivity contribution < 1.29 is 8.42 Å². The highest BCUT2D eigenvalue weighted by Crippen LogP contribution is 2.29. The van der Waals surface area contributed by atoms with Gasteiger partial charge in [-0.2, -0.15) is 9.40 Å². The molecule has 0 bridgehead atoms. The summed E-state index contributed by atoms with van der Waals surface area (Å²) in [5, 5.41) is 7.99. The van der Waals surface area contributed by atoms with Crippen molar-refractivity contribution in [2.75, 3.05) is 18.1 Å². The molecule has 0 saturated carbocycles. The number of nitrogens with one attached hydrogen (secondary N) is 2. The SMILES string of the molecule is CS(=O)(=O)N1CCn2nc(Nc3cc(-c4cnc5cc[nH]c5c4)cn4ccnc34)cc2C1. The predicted molar refractivity (Wildman–Crippen MR) is 121 cm³/mol. The van der Waals surface area contributed by atoms with Crippen LogP contribution in [0.25, 0.3) is 27.8 Å². The predicted octanol–water partition coefficient (Wildman–Crippen LogP) is 2.59. The van der Waals surface area contributed by atoms with Crippen molar-refractivity contribution in [2.24, 2.45) is 0 Å². The number of pyridine rings is 2. The Balaban J connectivity index is 1.37. The Morgan fingerprint density at radius 1 is 1.12 bits per heavy atom. The number of sulfonamides is 1. The van der Waals surface area contributed by atoms with E-state index in [1.807, 2.05) is 52.1 Å². The molecule has 6 heterocycles. The van der Waals surface area contributed by atoms with Crippen LogP contribution in [-0.2, 0) is 23.1 Å². The normalized spacial score (nSPS) is 14.8. The number of anilines is 2. The van der Waals surface area contributed by atoms with Crippen LogP contribution in [0.1, 0.15) is 5.69 Å². The van der Waals surface area contributed by atoms with Crippen LogP contribution >= 0.6 is 0 Å². The lowest BCUT2D eigenvalue weighted by Gasteiger charge is -2.25. The van der Waals surface area contributed by atoms with Crippen LogP contribution in [-0.4, -0.2) is 54.7 Å². The number of imidazole rings is 1. The number of hydrogen-bond acceptors (Lipinski definition) is 6. The Morgan fingerprint density at radius 3 is 2.91 bits per heavy atom. The molecule has 1 aliphatic rings. The zero-order chi connectivity index (χ0) is 21.9. The summed E-state index contributed by atoms with van der Waals surface area (Å²) in [7, 11) is -3.24. The van der Waals surface area contributed by atoms with Gasteiger partial charge in [0.2, 0.25) is 10.0 Å². The fraction of sp³-hybridized carbons (Fsp3) is 0.190. The quantitative estimate of drug-likeness (QED) is 0.437. The third-order valence-corrected chi connectivity index (χ3v) is 6.96. The average Bonchev–Trinajstić information content (AvgIpc) is 3.50. The van der Waals surface area contributed by atoms with Crippen LogP contribution in [0, 0.1) is 0 Å². The van der Waals surface area contributed by atoms with Gasteiger partial charge in [0.25, 0.3) is 0 Å². The van der Waals surface area contributed by atoms with Crippen molar-refractivity contribution in [3.8, 4) is 11.1 Å². The van der Waals surface area contributed by atoms with Crippen molar-refractivity contribution in [1.29, 1.82) is 0 Å². The summed E-state index contributed by atoms with van der Waals surface area (Å²) >= 11 is 0. The Morgan fingerprint density at radius 2 is 2.03 bits per heavy atom. The minimum atomic E-state index is -3.24. The maximum Gasteiger partial charge on any atom is 0.211 e. The van der Waals surface area contributed by atoms with E-state index < -0.39 is 10.0 Å². The molecule has 0 fully saturated rings. The van der Waals surface area contributed by atoms with Crippen molar-refractivity contribution in [3.63, 3.8) is 0 Å². The summed E-state index contributed by atoms with van der Waals surface area (Å²) < 4.78 is 29.1. The first-order chi connectivity index (χ1) is 15.4. The molecule has 10 nitrogen and oxygen atoms in total. The fourth-order valence-corrected chi connectivity index (χ4v) is 4.88. The van der Waals surface area contributed by atoms with Gasteiger partial charge in [-0.1, -0.05) is 0 Å². The van der Waals surface area contributed by atoms with Crippen molar-refractivity contribution in [1.82, 2.24) is 33.4 Å². The number of aromatic amines is 1. The summed E-state index contributed by atoms with van der Waals surface area (Å²) in [5.41, 5.74) is 6.27. The molecule has 0 atom stereocenters. The van der Waals surface area contributed by atoms with E-state index in [4.69, 9.17) is 0 Å². The molecule has 0 unspecified atom stereocenters. The Hall–Kier alpha value is -3.70. The zero-order valence-corrected chi connectivity index (χ0v) is 18.0. The van der Waals surface area contributed by atoms with Crippen LogP contribution in [0.15, 0.2) is 55.2 Å². The largest absolute Gasteiger partial charge is 0.360 e. The number of nitrogens with zero attached hydrogens (tertiary/aromatic N) is 6. The topological polar surface area (TPSA) is 113 Å². The second-order valence-electron chi connectivity index (χ2n) is 7.90. The summed E-state index contributed by atoms with van der Waals surface area (Å²) in [6.07, 6.45) is 10.6. The van der Waals surface area contributed by atoms with Crippen LogP contribution in [0.2, 0.25) is 0 Å². The third-order valence-electron chi connectivity index (χ3n) is 5.71. The standard InChI is InChI=1S/C21H20N8O2S/c1-32(30,31)28-6-7-29-16(13-28)10-20(26-29)25-19-9-15(12-27-5-4-23-21(19)27)14-8-18-17(24-11-14)2-3-22-18/h2-5,8-12,22H,6-7,13H2,1H3,(H,25,26). The van der Waals surface area contributed by atoms with E-state index in [0.29, 0.717) is 25.5 Å². The number of aromatic nitrogens is 6. The summed E-state index contributed by atoms with van der Waals surface area (Å²) in [6, 6.07) is 7.92. The van der Waals surface area contributed by atoms with E-state index >= 15 is 0 Å². The highest BCUT2D eigenvalue weighted by Gasteiger charge is 2.24. The molecule has 0 radical (unpaired) electrons. The molecule has 0 spiro atoms. The molecule has 0 aliphatic carbocycles. The molecule has 0 saturated heterocycles. The monoisotopic (exact) mass is 448 g/mol. The van der Waals surface area contributed by atoms with Crippen LogP contribution in [0.4, 0.5) is 11.5 Å². The smallest absolute Gasteiger partial charge is 0.211 e. The van der Waals surface area contributed by atoms with E-state index in [1.54, 1.807) is 6.20 Å². The highest BCUT2D eigenvalue weighted by atomic mass is 32.2. The first-order valence-electron chi connectivity index (χ1n) is 10.1. The van der Waals surface area contributed by atoms with E-state index in [9.17, 15) is 8.42 Å². The van der Waals surface area contributed by atoms with Gasteiger partial charge in [0, 0.05) is 54.7 Å². The van der Waals surface area contributed by atoms with Crippen molar-refractivity contribution in [3.05, 3.63) is 60.9 Å². The van der Waals surface area contributed by atoms with E-state index in [1.165, 1.54) is 10.6 Å². The lowest BCUT2D eigenvalue weighted by molar-refractivity contribution is 0.329. The average molecular weight is 449 g/mol. The summed E-state index contributed by atoms with van der Waals surface area (Å²) in [5.74, 6) is 0.648. The van der Waals surface area contributed by atoms with Gasteiger partial charge in [0.05, 0.1) is 41.8 Å². The Labute approximate surface area is 183 Å². The molecule has 5 aromatic rings. The van der Waals surface area contributed by atoms with Crippen LogP contribution in [0.5, 0.6) is 0 Å². The van der Waals surface area contributed by atoms with Gasteiger partial charge < -0.3 is 14.7 Å². The molecule has 6 rings (SSSR count). The van der Waals surface area contributed by atoms with Crippen molar-refractivity contribution >= 4 is 38.2 Å². The number of hydrogen-bond donors (Lipinski definition) is 2. The highest BCUT2D eigenvalue weighted by molar-refractivity contribution is 7.88. The first-order valence-corrected chi connectivity index (χ1v) is 12.0. The second-order valence-corrected chi connectivity index (χ2v) is 9.88. The molecule has 162 valence electrons. The molecular weight excluding hydrogens is 428 g/mol. The van der Waals surface area contributed by atoms with Crippen molar-refractivity contribution in [2.45, 2.75) is 13.1 Å². The van der Waals surface area contributed by atoms with Gasteiger partial charge in [-0.3, -0.25) is 9.67 Å². The lowest BCUT2D eigenvalue weighted by atomic mass is 10.1. The maximum atomic E-state index is 11.9. The molecule has 1 aliphatic heterocycles. The van der Waals surface area contributed by atoms with Gasteiger partial charge in [-0.05, 0) is 18.2 Å². The maximum absolute atomic E-state index is 11.9. The van der Waals surface area contributed by atoms with Crippen LogP contribution < -0.4 is 5.32 Å². The number of rotatable bonds is 4. The molecule has 0 aromatic carbocycles. The second kappa shape index (κ2) is 6.90. The molecule has 2 N–H and O–H groups in total. The fourth-order valence-electron chi connectivity index (χ4n) is 4.10. The van der Waals surface area contributed by atoms with Gasteiger partial charge in [0.1, 0.15) is 0 Å². The van der Waals surface area contributed by atoms with Gasteiger partial charge in [-0.25, -0.2) is 13.4 Å². The molecule has 32 heavy (non-hydrogen) atoms. The summed E-state index contributed by atoms with van der Waals surface area (Å²) in [6.45, 7) is 1.25. The minimum Gasteiger partial charge on any atom is -0.360 e. The van der Waals surface area contributed by atoms with E-state index in [2.05, 4.69) is 31.4 Å². The van der Waals surface area contributed by atoms with E-state index in [-0.39, 0.29) is 0 Å². The molecule has 11 heteroatoms. The zero-order valence-electron chi connectivity index (χ0n) is 17.2. The molecule has 5 aromatic heterocycles. The third kappa shape index (κ3) is 3.22. The number of fused-ring (bicyclic) bond motifs is 3. The van der Waals surface area contributed by atoms with Gasteiger partial charge in [0.15, 0.2) is 11.5 Å². The Bertz CT molecular complexity index is 1580. The summed E-state index contributed by atoms with van der Waals surface area (Å²) in [4.78, 5) is 12.2. The Kier molecular flexibility index (Phi) is 4.10. The van der Waals surface area contributed by atoms with Gasteiger partial charge >= 0.3 is 0 Å². The van der Waals surface area contributed by atoms with Gasteiger partial charge in [-0.15, -0.1) is 0 Å². The lowest BCUT2D eigenvalue weighted by Crippen LogP contribution is -2.37. The minimum absolute atomic E-state index is 0.314. The first kappa shape index (κ1) is 19.0. The van der Waals surface area contributed by atoms with Crippen LogP contribution in [0.3, 0.4) is 0 Å². The molecule has 0 amide bonds. The molecular formula is C21H20N8O2S. The number of H-pyrrole nitrogens is 1.